The quantitative estimate of drug-likeness (QED) is 0.449. The molecule has 0 bridgehead atoms. The Labute approximate surface area is 198 Å². The molecule has 3 atom stereocenters. The van der Waals surface area contributed by atoms with Gasteiger partial charge in [-0.15, -0.1) is 0 Å². The first-order valence-electron chi connectivity index (χ1n) is 10.9. The number of rotatable bonds is 6. The van der Waals surface area contributed by atoms with Crippen LogP contribution < -0.4 is 5.32 Å². The summed E-state index contributed by atoms with van der Waals surface area (Å²) in [5.74, 6) is -1.45. The van der Waals surface area contributed by atoms with Crippen LogP contribution in [0.5, 0.6) is 0 Å². The van der Waals surface area contributed by atoms with E-state index >= 15 is 0 Å². The number of sulfone groups is 1. The molecule has 1 amide bonds. The van der Waals surface area contributed by atoms with Crippen molar-refractivity contribution in [1.82, 2.24) is 4.98 Å². The van der Waals surface area contributed by atoms with Gasteiger partial charge in [-0.1, -0.05) is 29.5 Å². The van der Waals surface area contributed by atoms with E-state index in [2.05, 4.69) is 10.3 Å². The lowest BCUT2D eigenvalue weighted by atomic mass is 9.98. The largest absolute Gasteiger partial charge is 0.298 e. The zero-order valence-corrected chi connectivity index (χ0v) is 19.5. The first-order valence-corrected chi connectivity index (χ1v) is 13.3. The van der Waals surface area contributed by atoms with Gasteiger partial charge in [0.25, 0.3) is 5.91 Å². The van der Waals surface area contributed by atoms with Gasteiger partial charge in [0.1, 0.15) is 18.2 Å². The fraction of sp³-hybridized carbons (Fsp3) is 0.333. The molecule has 0 radical (unpaired) electrons. The van der Waals surface area contributed by atoms with Crippen LogP contribution in [0.15, 0.2) is 53.4 Å². The average molecular weight is 507 g/mol. The number of anilines is 1. The molecule has 5 nitrogen and oxygen atoms in total. The van der Waals surface area contributed by atoms with Gasteiger partial charge in [-0.2, -0.15) is 0 Å². The molecular formula is C24H21F3N2O3S2. The highest BCUT2D eigenvalue weighted by molar-refractivity contribution is 7.92. The van der Waals surface area contributed by atoms with E-state index in [9.17, 15) is 26.4 Å². The highest BCUT2D eigenvalue weighted by Crippen LogP contribution is 2.36. The summed E-state index contributed by atoms with van der Waals surface area (Å²) in [6, 6.07) is 10.1. The Bertz CT molecular complexity index is 1370. The molecule has 1 unspecified atom stereocenters. The van der Waals surface area contributed by atoms with E-state index in [1.807, 2.05) is 0 Å². The lowest BCUT2D eigenvalue weighted by Gasteiger charge is -2.12. The van der Waals surface area contributed by atoms with Gasteiger partial charge in [0, 0.05) is 5.57 Å². The minimum Gasteiger partial charge on any atom is -0.298 e. The van der Waals surface area contributed by atoms with E-state index in [0.717, 1.165) is 11.3 Å². The number of allylic oxidation sites excluding steroid dienone is 1. The topological polar surface area (TPSA) is 76.1 Å². The lowest BCUT2D eigenvalue weighted by Crippen LogP contribution is -2.15. The monoisotopic (exact) mass is 506 g/mol. The number of benzene rings is 2. The van der Waals surface area contributed by atoms with Gasteiger partial charge < -0.3 is 0 Å². The summed E-state index contributed by atoms with van der Waals surface area (Å²) in [6.45, 7) is 0. The van der Waals surface area contributed by atoms with Crippen LogP contribution in [0, 0.1) is 11.7 Å². The van der Waals surface area contributed by atoms with E-state index in [0.29, 0.717) is 28.6 Å². The Kier molecular flexibility index (Phi) is 5.97. The van der Waals surface area contributed by atoms with Crippen molar-refractivity contribution in [2.24, 2.45) is 5.92 Å². The van der Waals surface area contributed by atoms with Crippen molar-refractivity contribution in [3.8, 4) is 0 Å². The van der Waals surface area contributed by atoms with Crippen LogP contribution in [-0.2, 0) is 14.6 Å². The van der Waals surface area contributed by atoms with Crippen LogP contribution in [0.2, 0.25) is 0 Å². The summed E-state index contributed by atoms with van der Waals surface area (Å²) in [4.78, 5) is 17.7. The van der Waals surface area contributed by atoms with Crippen LogP contribution in [0.25, 0.3) is 15.8 Å². The number of fused-ring (bicyclic) bond motifs is 1. The molecule has 34 heavy (non-hydrogen) atoms. The molecule has 10 heteroatoms. The molecule has 1 aromatic heterocycles. The Balaban J connectivity index is 1.45. The molecule has 0 spiro atoms. The van der Waals surface area contributed by atoms with E-state index < -0.39 is 39.8 Å². The summed E-state index contributed by atoms with van der Waals surface area (Å²) in [5, 5.41) is 2.58. The van der Waals surface area contributed by atoms with Crippen molar-refractivity contribution in [3.63, 3.8) is 0 Å². The molecule has 2 saturated carbocycles. The normalized spacial score (nSPS) is 23.4. The van der Waals surface area contributed by atoms with Crippen LogP contribution in [0.1, 0.15) is 31.2 Å². The van der Waals surface area contributed by atoms with E-state index in [-0.39, 0.29) is 33.7 Å². The van der Waals surface area contributed by atoms with Crippen LogP contribution in [0.3, 0.4) is 0 Å². The summed E-state index contributed by atoms with van der Waals surface area (Å²) in [5.41, 5.74) is 1.13. The third-order valence-corrected chi connectivity index (χ3v) is 9.34. The maximum atomic E-state index is 13.8. The van der Waals surface area contributed by atoms with Crippen molar-refractivity contribution in [2.75, 3.05) is 5.32 Å². The zero-order valence-electron chi connectivity index (χ0n) is 17.9. The fourth-order valence-electron chi connectivity index (χ4n) is 4.16. The number of hydrogen-bond acceptors (Lipinski definition) is 5. The number of amides is 1. The lowest BCUT2D eigenvalue weighted by molar-refractivity contribution is -0.111. The maximum absolute atomic E-state index is 13.8. The minimum atomic E-state index is -3.39. The third-order valence-electron chi connectivity index (χ3n) is 6.12. The van der Waals surface area contributed by atoms with Gasteiger partial charge in [0.05, 0.1) is 20.4 Å². The molecule has 3 aromatic rings. The van der Waals surface area contributed by atoms with Crippen molar-refractivity contribution in [1.29, 1.82) is 0 Å². The number of carbonyl (C=O) groups is 1. The first kappa shape index (κ1) is 23.0. The number of aromatic nitrogens is 1. The SMILES string of the molecule is O=C(Nc1nc2ccc(F)cc2s1)/C(=C/C1C[C@@H](F)[C@@H](F)C1)c1ccc(S(=O)(=O)C2CC2)cc1. The molecule has 0 aliphatic heterocycles. The molecule has 2 aromatic carbocycles. The van der Waals surface area contributed by atoms with E-state index in [1.54, 1.807) is 6.08 Å². The van der Waals surface area contributed by atoms with Gasteiger partial charge in [-0.25, -0.2) is 26.6 Å². The second-order valence-corrected chi connectivity index (χ2v) is 12.0. The number of carbonyl (C=O) groups excluding carboxylic acids is 1. The van der Waals surface area contributed by atoms with Crippen molar-refractivity contribution in [3.05, 3.63) is 59.9 Å². The predicted molar refractivity (Wildman–Crippen MR) is 125 cm³/mol. The van der Waals surface area contributed by atoms with Crippen molar-refractivity contribution < 1.29 is 26.4 Å². The number of halogens is 3. The Hall–Kier alpha value is -2.72. The minimum absolute atomic E-state index is 0.0352. The molecule has 1 N–H and O–H groups in total. The average Bonchev–Trinajstić information content (AvgIpc) is 3.52. The van der Waals surface area contributed by atoms with E-state index in [1.165, 1.54) is 42.5 Å². The highest BCUT2D eigenvalue weighted by atomic mass is 32.2. The molecule has 2 aliphatic carbocycles. The van der Waals surface area contributed by atoms with Crippen molar-refractivity contribution >= 4 is 48.0 Å². The first-order chi connectivity index (χ1) is 16.2. The Morgan fingerprint density at radius 2 is 1.74 bits per heavy atom. The molecule has 1 heterocycles. The fourth-order valence-corrected chi connectivity index (χ4v) is 6.70. The number of thiazole rings is 1. The second-order valence-electron chi connectivity index (χ2n) is 8.70. The molecule has 178 valence electrons. The number of nitrogens with zero attached hydrogens (tertiary/aromatic N) is 1. The van der Waals surface area contributed by atoms with Crippen molar-refractivity contribution in [2.45, 2.75) is 48.2 Å². The summed E-state index contributed by atoms with van der Waals surface area (Å²) >= 11 is 1.10. The molecular weight excluding hydrogens is 485 g/mol. The van der Waals surface area contributed by atoms with Gasteiger partial charge in [-0.05, 0) is 67.5 Å². The van der Waals surface area contributed by atoms with Crippen LogP contribution in [0.4, 0.5) is 18.3 Å². The number of nitrogens with one attached hydrogen (secondary N) is 1. The van der Waals surface area contributed by atoms with Crippen LogP contribution in [-0.4, -0.2) is 36.9 Å². The molecule has 5 rings (SSSR count). The number of alkyl halides is 2. The third kappa shape index (κ3) is 4.61. The summed E-state index contributed by atoms with van der Waals surface area (Å²) in [7, 11) is -3.39. The maximum Gasteiger partial charge on any atom is 0.257 e. The molecule has 2 fully saturated rings. The summed E-state index contributed by atoms with van der Waals surface area (Å²) < 4.78 is 66.6. The van der Waals surface area contributed by atoms with Gasteiger partial charge >= 0.3 is 0 Å². The van der Waals surface area contributed by atoms with E-state index in [4.69, 9.17) is 0 Å². The second kappa shape index (κ2) is 8.81. The Morgan fingerprint density at radius 1 is 1.06 bits per heavy atom. The summed E-state index contributed by atoms with van der Waals surface area (Å²) in [6.07, 6.45) is -0.426. The standard InChI is InChI=1S/C24H21F3N2O3S2/c25-15-3-8-21-22(12-15)33-24(28-21)29-23(30)18(9-13-10-19(26)20(27)11-13)14-1-4-16(5-2-14)34(31,32)17-6-7-17/h1-5,8-9,12-13,17,19-20H,6-7,10-11H2,(H,28,29,30)/b18-9+/t13?,19-,20+. The van der Waals surface area contributed by atoms with Crippen LogP contribution >= 0.6 is 11.3 Å². The highest BCUT2D eigenvalue weighted by Gasteiger charge is 2.37. The molecule has 2 aliphatic rings. The zero-order chi connectivity index (χ0) is 24.0. The van der Waals surface area contributed by atoms with Gasteiger partial charge in [0.15, 0.2) is 15.0 Å². The van der Waals surface area contributed by atoms with Gasteiger partial charge in [0.2, 0.25) is 0 Å². The van der Waals surface area contributed by atoms with Gasteiger partial charge in [-0.3, -0.25) is 10.1 Å². The predicted octanol–water partition coefficient (Wildman–Crippen LogP) is 5.48. The number of hydrogen-bond donors (Lipinski definition) is 1. The Morgan fingerprint density at radius 3 is 2.38 bits per heavy atom. The smallest absolute Gasteiger partial charge is 0.257 e. The molecule has 0 saturated heterocycles.